The third-order valence-electron chi connectivity index (χ3n) is 1.98. The summed E-state index contributed by atoms with van der Waals surface area (Å²) in [6.45, 7) is 2.28. The smallest absolute Gasteiger partial charge is 0.271 e. The second-order valence-electron chi connectivity index (χ2n) is 3.19. The lowest BCUT2D eigenvalue weighted by atomic mass is 10.3. The molecule has 0 spiro atoms. The Morgan fingerprint density at radius 3 is 2.81 bits per heavy atom. The topological polar surface area (TPSA) is 102 Å². The Morgan fingerprint density at radius 2 is 2.31 bits per heavy atom. The molecular formula is C9H15N5O2. The van der Waals surface area contributed by atoms with Gasteiger partial charge in [0.15, 0.2) is 5.82 Å². The van der Waals surface area contributed by atoms with Crippen molar-refractivity contribution in [2.24, 2.45) is 5.84 Å². The first-order valence-electron chi connectivity index (χ1n) is 4.77. The zero-order valence-corrected chi connectivity index (χ0v) is 9.23. The predicted molar refractivity (Wildman–Crippen MR) is 58.6 cm³/mol. The molecule has 16 heavy (non-hydrogen) atoms. The molecular weight excluding hydrogens is 210 g/mol. The lowest BCUT2D eigenvalue weighted by Gasteiger charge is -2.10. The van der Waals surface area contributed by atoms with Crippen molar-refractivity contribution >= 4 is 11.7 Å². The number of methoxy groups -OCH3 is 1. The number of nitrogens with one attached hydrogen (secondary N) is 2. The van der Waals surface area contributed by atoms with Crippen LogP contribution in [-0.2, 0) is 4.74 Å². The second-order valence-corrected chi connectivity index (χ2v) is 3.19. The van der Waals surface area contributed by atoms with Crippen molar-refractivity contribution in [2.45, 2.75) is 13.0 Å². The van der Waals surface area contributed by atoms with E-state index in [1.54, 1.807) is 7.11 Å². The molecule has 0 aromatic carbocycles. The average Bonchev–Trinajstić information content (AvgIpc) is 2.35. The van der Waals surface area contributed by atoms with Crippen molar-refractivity contribution in [3.05, 3.63) is 18.1 Å². The first-order valence-corrected chi connectivity index (χ1v) is 4.77. The van der Waals surface area contributed by atoms with Gasteiger partial charge in [0.2, 0.25) is 0 Å². The fourth-order valence-electron chi connectivity index (χ4n) is 0.930. The largest absolute Gasteiger partial charge is 0.380 e. The Kier molecular flexibility index (Phi) is 4.62. The molecule has 88 valence electrons. The van der Waals surface area contributed by atoms with Crippen molar-refractivity contribution in [3.8, 4) is 0 Å². The van der Waals surface area contributed by atoms with Crippen molar-refractivity contribution in [3.63, 3.8) is 0 Å². The van der Waals surface area contributed by atoms with Crippen LogP contribution in [0.2, 0.25) is 0 Å². The zero-order chi connectivity index (χ0) is 12.0. The van der Waals surface area contributed by atoms with E-state index in [4.69, 9.17) is 10.6 Å². The average molecular weight is 225 g/mol. The van der Waals surface area contributed by atoms with E-state index in [9.17, 15) is 4.79 Å². The van der Waals surface area contributed by atoms with E-state index in [1.165, 1.54) is 12.4 Å². The Balaban J connectivity index is 2.52. The molecule has 1 amide bonds. The van der Waals surface area contributed by atoms with Gasteiger partial charge in [-0.05, 0) is 6.92 Å². The summed E-state index contributed by atoms with van der Waals surface area (Å²) in [6, 6.07) is 0. The molecule has 4 N–H and O–H groups in total. The molecule has 1 atom stereocenters. The minimum Gasteiger partial charge on any atom is -0.380 e. The molecule has 0 aliphatic rings. The molecule has 7 nitrogen and oxygen atoms in total. The fourth-order valence-corrected chi connectivity index (χ4v) is 0.930. The van der Waals surface area contributed by atoms with E-state index in [0.717, 1.165) is 0 Å². The highest BCUT2D eigenvalue weighted by Crippen LogP contribution is 1.98. The highest BCUT2D eigenvalue weighted by molar-refractivity contribution is 5.91. The number of anilines is 1. The van der Waals surface area contributed by atoms with E-state index >= 15 is 0 Å². The Bertz CT molecular complexity index is 340. The minimum absolute atomic E-state index is 0.0399. The molecule has 0 radical (unpaired) electrons. The Morgan fingerprint density at radius 1 is 1.56 bits per heavy atom. The number of rotatable bonds is 5. The van der Waals surface area contributed by atoms with E-state index < -0.39 is 0 Å². The second kappa shape index (κ2) is 5.99. The van der Waals surface area contributed by atoms with Gasteiger partial charge in [0.05, 0.1) is 18.5 Å². The van der Waals surface area contributed by atoms with E-state index in [-0.39, 0.29) is 17.7 Å². The molecule has 1 unspecified atom stereocenters. The molecule has 1 aromatic rings. The number of carbonyl (C=O) groups is 1. The van der Waals surface area contributed by atoms with Crippen LogP contribution in [0.15, 0.2) is 12.4 Å². The van der Waals surface area contributed by atoms with Gasteiger partial charge >= 0.3 is 0 Å². The maximum absolute atomic E-state index is 11.5. The molecule has 0 saturated carbocycles. The van der Waals surface area contributed by atoms with Gasteiger partial charge in [0, 0.05) is 13.7 Å². The van der Waals surface area contributed by atoms with E-state index in [0.29, 0.717) is 12.4 Å². The number of hydrogen-bond donors (Lipinski definition) is 3. The van der Waals surface area contributed by atoms with Crippen LogP contribution >= 0.6 is 0 Å². The van der Waals surface area contributed by atoms with Crippen LogP contribution in [0.5, 0.6) is 0 Å². The van der Waals surface area contributed by atoms with Crippen LogP contribution in [0.25, 0.3) is 0 Å². The molecule has 0 aliphatic carbocycles. The van der Waals surface area contributed by atoms with Gasteiger partial charge in [-0.25, -0.2) is 15.8 Å². The third-order valence-corrected chi connectivity index (χ3v) is 1.98. The number of amides is 1. The highest BCUT2D eigenvalue weighted by Gasteiger charge is 2.08. The highest BCUT2D eigenvalue weighted by atomic mass is 16.5. The van der Waals surface area contributed by atoms with Crippen LogP contribution in [0.4, 0.5) is 5.82 Å². The molecule has 1 rings (SSSR count). The van der Waals surface area contributed by atoms with Crippen LogP contribution in [0, 0.1) is 0 Å². The summed E-state index contributed by atoms with van der Waals surface area (Å²) in [7, 11) is 1.58. The van der Waals surface area contributed by atoms with Crippen LogP contribution < -0.4 is 16.6 Å². The number of aromatic nitrogens is 2. The standard InChI is InChI=1S/C9H15N5O2/c1-6(16-2)3-13-9(15)7-4-12-8(14-10)5-11-7/h4-6H,3,10H2,1-2H3,(H,12,14)(H,13,15). The minimum atomic E-state index is -0.292. The Labute approximate surface area is 93.4 Å². The van der Waals surface area contributed by atoms with Crippen LogP contribution in [0.1, 0.15) is 17.4 Å². The number of hydrazine groups is 1. The zero-order valence-electron chi connectivity index (χ0n) is 9.23. The molecule has 0 aliphatic heterocycles. The van der Waals surface area contributed by atoms with Crippen LogP contribution in [0.3, 0.4) is 0 Å². The number of nitrogen functional groups attached to an aromatic ring is 1. The lowest BCUT2D eigenvalue weighted by Crippen LogP contribution is -2.32. The summed E-state index contributed by atoms with van der Waals surface area (Å²) in [5.74, 6) is 5.24. The van der Waals surface area contributed by atoms with Crippen molar-refractivity contribution < 1.29 is 9.53 Å². The number of nitrogens with zero attached hydrogens (tertiary/aromatic N) is 2. The SMILES string of the molecule is COC(C)CNC(=O)c1cnc(NN)cn1. The monoisotopic (exact) mass is 225 g/mol. The van der Waals surface area contributed by atoms with Gasteiger partial charge in [-0.3, -0.25) is 4.79 Å². The summed E-state index contributed by atoms with van der Waals surface area (Å²) < 4.78 is 5.00. The van der Waals surface area contributed by atoms with E-state index in [2.05, 4.69) is 20.7 Å². The summed E-state index contributed by atoms with van der Waals surface area (Å²) in [5.41, 5.74) is 2.57. The normalized spacial score (nSPS) is 11.9. The van der Waals surface area contributed by atoms with E-state index in [1.807, 2.05) is 6.92 Å². The maximum atomic E-state index is 11.5. The quantitative estimate of drug-likeness (QED) is 0.462. The van der Waals surface area contributed by atoms with Gasteiger partial charge in [-0.15, -0.1) is 0 Å². The van der Waals surface area contributed by atoms with Crippen LogP contribution in [-0.4, -0.2) is 35.6 Å². The van der Waals surface area contributed by atoms with Gasteiger partial charge < -0.3 is 15.5 Å². The number of carbonyl (C=O) groups excluding carboxylic acids is 1. The van der Waals surface area contributed by atoms with Gasteiger partial charge in [0.1, 0.15) is 5.69 Å². The predicted octanol–water partition coefficient (Wildman–Crippen LogP) is -0.473. The van der Waals surface area contributed by atoms with Crippen molar-refractivity contribution in [2.75, 3.05) is 19.1 Å². The first kappa shape index (κ1) is 12.3. The van der Waals surface area contributed by atoms with Crippen molar-refractivity contribution in [1.82, 2.24) is 15.3 Å². The molecule has 0 fully saturated rings. The first-order chi connectivity index (χ1) is 7.67. The maximum Gasteiger partial charge on any atom is 0.271 e. The molecule has 7 heteroatoms. The molecule has 1 heterocycles. The van der Waals surface area contributed by atoms with Gasteiger partial charge in [-0.1, -0.05) is 0 Å². The number of ether oxygens (including phenoxy) is 1. The molecule has 1 aromatic heterocycles. The summed E-state index contributed by atoms with van der Waals surface area (Å²) in [4.78, 5) is 19.3. The summed E-state index contributed by atoms with van der Waals surface area (Å²) in [6.07, 6.45) is 2.69. The summed E-state index contributed by atoms with van der Waals surface area (Å²) >= 11 is 0. The molecule has 0 bridgehead atoms. The van der Waals surface area contributed by atoms with Gasteiger partial charge in [0.25, 0.3) is 5.91 Å². The van der Waals surface area contributed by atoms with Gasteiger partial charge in [-0.2, -0.15) is 0 Å². The summed E-state index contributed by atoms with van der Waals surface area (Å²) in [5, 5.41) is 2.67. The Hall–Kier alpha value is -1.73. The molecule has 0 saturated heterocycles. The third kappa shape index (κ3) is 3.44. The number of hydrogen-bond acceptors (Lipinski definition) is 6. The number of nitrogens with two attached hydrogens (primary N) is 1. The lowest BCUT2D eigenvalue weighted by molar-refractivity contribution is 0.0866. The fraction of sp³-hybridized carbons (Fsp3) is 0.444. The van der Waals surface area contributed by atoms with Crippen molar-refractivity contribution in [1.29, 1.82) is 0 Å².